The average Bonchev–Trinajstić information content (AvgIpc) is 2.80. The maximum absolute atomic E-state index is 13.4. The van der Waals surface area contributed by atoms with Gasteiger partial charge in [-0.3, -0.25) is 14.5 Å². The van der Waals surface area contributed by atoms with Crippen molar-refractivity contribution >= 4 is 11.7 Å². The third-order valence-electron chi connectivity index (χ3n) is 7.08. The summed E-state index contributed by atoms with van der Waals surface area (Å²) in [5.41, 5.74) is 3.86. The average molecular weight is 449 g/mol. The summed E-state index contributed by atoms with van der Waals surface area (Å²) < 4.78 is 5.86. The largest absolute Gasteiger partial charge is 0.373 e. The predicted octanol–water partition coefficient (Wildman–Crippen LogP) is 4.50. The lowest BCUT2D eigenvalue weighted by Crippen LogP contribution is -2.48. The third kappa shape index (κ3) is 5.53. The van der Waals surface area contributed by atoms with E-state index in [1.165, 1.54) is 0 Å². The van der Waals surface area contributed by atoms with E-state index in [-0.39, 0.29) is 23.9 Å². The highest BCUT2D eigenvalue weighted by molar-refractivity contribution is 6.15. The second-order valence-corrected chi connectivity index (χ2v) is 9.89. The number of aryl methyl sites for hydroxylation is 2. The van der Waals surface area contributed by atoms with Gasteiger partial charge in [-0.1, -0.05) is 30.3 Å². The Kier molecular flexibility index (Phi) is 7.30. The van der Waals surface area contributed by atoms with Crippen LogP contribution in [0.25, 0.3) is 0 Å². The van der Waals surface area contributed by atoms with Crippen molar-refractivity contribution in [3.63, 3.8) is 0 Å². The first-order valence-corrected chi connectivity index (χ1v) is 12.2. The van der Waals surface area contributed by atoms with Crippen molar-refractivity contribution in [1.82, 2.24) is 9.80 Å². The Morgan fingerprint density at radius 1 is 0.909 bits per heavy atom. The van der Waals surface area contributed by atoms with Crippen LogP contribution in [0.5, 0.6) is 0 Å². The highest BCUT2D eigenvalue weighted by Gasteiger charge is 2.29. The van der Waals surface area contributed by atoms with Gasteiger partial charge >= 0.3 is 0 Å². The normalized spacial score (nSPS) is 22.4. The van der Waals surface area contributed by atoms with Gasteiger partial charge in [0, 0.05) is 43.9 Å². The van der Waals surface area contributed by atoms with Crippen LogP contribution in [0.4, 0.5) is 0 Å². The molecule has 2 aromatic carbocycles. The van der Waals surface area contributed by atoms with Gasteiger partial charge in [-0.15, -0.1) is 0 Å². The Balaban J connectivity index is 1.41. The van der Waals surface area contributed by atoms with Crippen molar-refractivity contribution < 1.29 is 14.3 Å². The summed E-state index contributed by atoms with van der Waals surface area (Å²) in [5.74, 6) is 0.473. The zero-order chi connectivity index (χ0) is 23.5. The van der Waals surface area contributed by atoms with Gasteiger partial charge in [0.2, 0.25) is 0 Å². The molecule has 2 unspecified atom stereocenters. The summed E-state index contributed by atoms with van der Waals surface area (Å²) in [6.07, 6.45) is 2.56. The number of ketones is 1. The minimum absolute atomic E-state index is 0.0325. The molecule has 2 aliphatic heterocycles. The summed E-state index contributed by atoms with van der Waals surface area (Å²) in [4.78, 5) is 31.1. The molecule has 176 valence electrons. The van der Waals surface area contributed by atoms with Crippen LogP contribution in [0.3, 0.4) is 0 Å². The molecule has 2 fully saturated rings. The molecular weight excluding hydrogens is 412 g/mol. The Morgan fingerprint density at radius 2 is 1.55 bits per heavy atom. The summed E-state index contributed by atoms with van der Waals surface area (Å²) >= 11 is 0. The molecule has 0 spiro atoms. The summed E-state index contributed by atoms with van der Waals surface area (Å²) in [6.45, 7) is 12.8. The number of carbonyl (C=O) groups is 2. The van der Waals surface area contributed by atoms with Crippen molar-refractivity contribution in [2.75, 3.05) is 32.7 Å². The monoisotopic (exact) mass is 448 g/mol. The van der Waals surface area contributed by atoms with Gasteiger partial charge in [-0.2, -0.15) is 0 Å². The standard InChI is InChI=1S/C28H36N2O3/c1-19-9-10-24(15-20(19)2)27(31)25-7-5-6-8-26(25)28(32)30-13-11-23(12-14-30)18-29-16-21(3)33-22(4)17-29/h5-10,15,21-23H,11-14,16-18H2,1-4H3. The van der Waals surface area contributed by atoms with E-state index in [2.05, 4.69) is 18.7 Å². The molecule has 0 aliphatic carbocycles. The molecular formula is C28H36N2O3. The lowest BCUT2D eigenvalue weighted by Gasteiger charge is -2.39. The van der Waals surface area contributed by atoms with Gasteiger partial charge in [0.1, 0.15) is 0 Å². The second-order valence-electron chi connectivity index (χ2n) is 9.89. The molecule has 2 aromatic rings. The van der Waals surface area contributed by atoms with Crippen LogP contribution in [0.2, 0.25) is 0 Å². The van der Waals surface area contributed by atoms with Crippen molar-refractivity contribution in [3.8, 4) is 0 Å². The van der Waals surface area contributed by atoms with Gasteiger partial charge in [0.15, 0.2) is 5.78 Å². The summed E-state index contributed by atoms with van der Waals surface area (Å²) in [7, 11) is 0. The number of rotatable bonds is 5. The highest BCUT2D eigenvalue weighted by atomic mass is 16.5. The van der Waals surface area contributed by atoms with E-state index in [1.807, 2.05) is 49.1 Å². The molecule has 0 aromatic heterocycles. The van der Waals surface area contributed by atoms with Gasteiger partial charge in [0.05, 0.1) is 17.8 Å². The molecule has 5 nitrogen and oxygen atoms in total. The van der Waals surface area contributed by atoms with E-state index in [0.29, 0.717) is 22.6 Å². The second kappa shape index (κ2) is 10.2. The maximum Gasteiger partial charge on any atom is 0.254 e. The van der Waals surface area contributed by atoms with Gasteiger partial charge < -0.3 is 9.64 Å². The Hall–Kier alpha value is -2.50. The molecule has 4 rings (SSSR count). The van der Waals surface area contributed by atoms with Crippen LogP contribution in [0.1, 0.15) is 64.1 Å². The van der Waals surface area contributed by atoms with Crippen LogP contribution in [-0.4, -0.2) is 66.4 Å². The van der Waals surface area contributed by atoms with Crippen molar-refractivity contribution in [2.45, 2.75) is 52.7 Å². The molecule has 5 heteroatoms. The SMILES string of the molecule is Cc1ccc(C(=O)c2ccccc2C(=O)N2CCC(CN3CC(C)OC(C)C3)CC2)cc1C. The van der Waals surface area contributed by atoms with Crippen LogP contribution in [0, 0.1) is 19.8 Å². The van der Waals surface area contributed by atoms with E-state index in [1.54, 1.807) is 12.1 Å². The van der Waals surface area contributed by atoms with Crippen molar-refractivity contribution in [2.24, 2.45) is 5.92 Å². The first-order valence-electron chi connectivity index (χ1n) is 12.2. The number of amides is 1. The molecule has 0 saturated carbocycles. The number of hydrogen-bond acceptors (Lipinski definition) is 4. The van der Waals surface area contributed by atoms with E-state index in [4.69, 9.17) is 4.74 Å². The van der Waals surface area contributed by atoms with Crippen LogP contribution >= 0.6 is 0 Å². The number of morpholine rings is 1. The first kappa shape index (κ1) is 23.7. The third-order valence-corrected chi connectivity index (χ3v) is 7.08. The number of nitrogens with zero attached hydrogens (tertiary/aromatic N) is 2. The van der Waals surface area contributed by atoms with Crippen LogP contribution in [0.15, 0.2) is 42.5 Å². The topological polar surface area (TPSA) is 49.9 Å². The molecule has 2 atom stereocenters. The fourth-order valence-corrected chi connectivity index (χ4v) is 5.19. The maximum atomic E-state index is 13.4. The molecule has 2 heterocycles. The first-order chi connectivity index (χ1) is 15.8. The highest BCUT2D eigenvalue weighted by Crippen LogP contribution is 2.24. The molecule has 1 amide bonds. The lowest BCUT2D eigenvalue weighted by atomic mass is 9.93. The predicted molar refractivity (Wildman–Crippen MR) is 131 cm³/mol. The van der Waals surface area contributed by atoms with E-state index >= 15 is 0 Å². The number of benzene rings is 2. The number of piperidine rings is 1. The molecule has 0 N–H and O–H groups in total. The van der Waals surface area contributed by atoms with Gasteiger partial charge in [-0.05, 0) is 69.7 Å². The molecule has 0 radical (unpaired) electrons. The Bertz CT molecular complexity index is 1000. The summed E-state index contributed by atoms with van der Waals surface area (Å²) in [5, 5.41) is 0. The van der Waals surface area contributed by atoms with E-state index in [0.717, 1.165) is 56.7 Å². The number of likely N-dealkylation sites (tertiary alicyclic amines) is 1. The molecule has 0 bridgehead atoms. The van der Waals surface area contributed by atoms with Crippen molar-refractivity contribution in [1.29, 1.82) is 0 Å². The smallest absolute Gasteiger partial charge is 0.254 e. The fourth-order valence-electron chi connectivity index (χ4n) is 5.19. The fraction of sp³-hybridized carbons (Fsp3) is 0.500. The van der Waals surface area contributed by atoms with Crippen LogP contribution in [-0.2, 0) is 4.74 Å². The number of carbonyl (C=O) groups excluding carboxylic acids is 2. The molecule has 33 heavy (non-hydrogen) atoms. The lowest BCUT2D eigenvalue weighted by molar-refractivity contribution is -0.0728. The minimum atomic E-state index is -0.0903. The van der Waals surface area contributed by atoms with Crippen molar-refractivity contribution in [3.05, 3.63) is 70.3 Å². The van der Waals surface area contributed by atoms with E-state index < -0.39 is 0 Å². The zero-order valence-electron chi connectivity index (χ0n) is 20.3. The number of ether oxygens (including phenoxy) is 1. The Labute approximate surface area is 197 Å². The van der Waals surface area contributed by atoms with Gasteiger partial charge in [-0.25, -0.2) is 0 Å². The zero-order valence-corrected chi connectivity index (χ0v) is 20.3. The summed E-state index contributed by atoms with van der Waals surface area (Å²) in [6, 6.07) is 13.0. The molecule has 2 aliphatic rings. The quantitative estimate of drug-likeness (QED) is 0.632. The molecule has 2 saturated heterocycles. The minimum Gasteiger partial charge on any atom is -0.373 e. The Morgan fingerprint density at radius 3 is 2.18 bits per heavy atom. The van der Waals surface area contributed by atoms with Crippen LogP contribution < -0.4 is 0 Å². The van der Waals surface area contributed by atoms with E-state index in [9.17, 15) is 9.59 Å². The number of hydrogen-bond donors (Lipinski definition) is 0. The van der Waals surface area contributed by atoms with Gasteiger partial charge in [0.25, 0.3) is 5.91 Å².